The topological polar surface area (TPSA) is 37.3 Å². The Kier molecular flexibility index (Phi) is 2.88. The molecule has 0 aliphatic rings. The van der Waals surface area contributed by atoms with Crippen LogP contribution in [0.2, 0.25) is 5.02 Å². The molecule has 1 N–H and O–H groups in total. The highest BCUT2D eigenvalue weighted by Crippen LogP contribution is 2.21. The molecule has 0 aromatic heterocycles. The van der Waals surface area contributed by atoms with E-state index in [4.69, 9.17) is 16.7 Å². The van der Waals surface area contributed by atoms with Crippen molar-refractivity contribution in [1.29, 1.82) is 0 Å². The Morgan fingerprint density at radius 3 is 2.69 bits per heavy atom. The predicted octanol–water partition coefficient (Wildman–Crippen LogP) is 2.74. The van der Waals surface area contributed by atoms with Gasteiger partial charge in [-0.2, -0.15) is 0 Å². The average Bonchev–Trinajstić information content (AvgIpc) is 2.09. The number of halogens is 2. The molecule has 0 heterocycles. The molecule has 1 aromatic carbocycles. The molecule has 0 amide bonds. The van der Waals surface area contributed by atoms with E-state index in [0.717, 1.165) is 6.07 Å². The highest BCUT2D eigenvalue weighted by molar-refractivity contribution is 6.31. The zero-order valence-electron chi connectivity index (χ0n) is 6.97. The van der Waals surface area contributed by atoms with Crippen molar-refractivity contribution in [3.63, 3.8) is 0 Å². The van der Waals surface area contributed by atoms with Crippen molar-refractivity contribution < 1.29 is 14.3 Å². The van der Waals surface area contributed by atoms with Gasteiger partial charge in [0.25, 0.3) is 0 Å². The van der Waals surface area contributed by atoms with Crippen molar-refractivity contribution >= 4 is 17.6 Å². The first kappa shape index (κ1) is 9.99. The van der Waals surface area contributed by atoms with Crippen LogP contribution in [0.5, 0.6) is 0 Å². The molecule has 0 fully saturated rings. The largest absolute Gasteiger partial charge is 0.478 e. The summed E-state index contributed by atoms with van der Waals surface area (Å²) in [7, 11) is 0. The number of aromatic carboxylic acids is 1. The van der Waals surface area contributed by atoms with Gasteiger partial charge in [-0.15, -0.1) is 0 Å². The number of carbonyl (C=O) groups is 1. The zero-order chi connectivity index (χ0) is 10.0. The molecule has 1 rings (SSSR count). The van der Waals surface area contributed by atoms with Gasteiger partial charge < -0.3 is 5.11 Å². The highest BCUT2D eigenvalue weighted by atomic mass is 35.5. The number of hydrogen-bond acceptors (Lipinski definition) is 1. The van der Waals surface area contributed by atoms with Crippen LogP contribution in [-0.2, 0) is 6.42 Å². The van der Waals surface area contributed by atoms with Crippen LogP contribution in [0.3, 0.4) is 0 Å². The minimum Gasteiger partial charge on any atom is -0.478 e. The minimum atomic E-state index is -1.10. The van der Waals surface area contributed by atoms with Crippen molar-refractivity contribution in [1.82, 2.24) is 0 Å². The van der Waals surface area contributed by atoms with Gasteiger partial charge in [0.1, 0.15) is 5.82 Å². The SMILES string of the molecule is CCc1cc(C(=O)O)cc(Cl)c1F. The van der Waals surface area contributed by atoms with Gasteiger partial charge in [-0.05, 0) is 24.1 Å². The first-order valence-electron chi connectivity index (χ1n) is 3.77. The van der Waals surface area contributed by atoms with Crippen molar-refractivity contribution in [2.24, 2.45) is 0 Å². The standard InChI is InChI=1S/C9H8ClFO2/c1-2-5-3-6(9(12)13)4-7(10)8(5)11/h3-4H,2H2,1H3,(H,12,13). The Bertz CT molecular complexity index is 350. The second-order valence-electron chi connectivity index (χ2n) is 2.59. The molecule has 0 aliphatic heterocycles. The smallest absolute Gasteiger partial charge is 0.335 e. The van der Waals surface area contributed by atoms with Crippen molar-refractivity contribution in [3.05, 3.63) is 34.1 Å². The summed E-state index contributed by atoms with van der Waals surface area (Å²) in [4.78, 5) is 10.6. The first-order valence-corrected chi connectivity index (χ1v) is 4.15. The van der Waals surface area contributed by atoms with Crippen molar-refractivity contribution in [3.8, 4) is 0 Å². The Morgan fingerprint density at radius 1 is 1.62 bits per heavy atom. The van der Waals surface area contributed by atoms with Crippen LogP contribution < -0.4 is 0 Å². The molecule has 4 heteroatoms. The van der Waals surface area contributed by atoms with Crippen LogP contribution in [0.4, 0.5) is 4.39 Å². The molecule has 0 unspecified atom stereocenters. The Labute approximate surface area is 80.0 Å². The fraction of sp³-hybridized carbons (Fsp3) is 0.222. The number of carboxylic acid groups (broad SMARTS) is 1. The number of rotatable bonds is 2. The van der Waals surface area contributed by atoms with Crippen molar-refractivity contribution in [2.45, 2.75) is 13.3 Å². The van der Waals surface area contributed by atoms with Crippen LogP contribution in [0.15, 0.2) is 12.1 Å². The lowest BCUT2D eigenvalue weighted by atomic mass is 10.1. The maximum Gasteiger partial charge on any atom is 0.335 e. The minimum absolute atomic E-state index is 0.0169. The Hall–Kier alpha value is -1.09. The van der Waals surface area contributed by atoms with Gasteiger partial charge in [0.2, 0.25) is 0 Å². The summed E-state index contributed by atoms with van der Waals surface area (Å²) in [6.45, 7) is 1.74. The summed E-state index contributed by atoms with van der Waals surface area (Å²) in [5.74, 6) is -1.63. The second kappa shape index (κ2) is 3.75. The van der Waals surface area contributed by atoms with Crippen LogP contribution in [0, 0.1) is 5.82 Å². The quantitative estimate of drug-likeness (QED) is 0.801. The maximum atomic E-state index is 13.1. The Balaban J connectivity index is 3.30. The van der Waals surface area contributed by atoms with Gasteiger partial charge in [0.15, 0.2) is 0 Å². The average molecular weight is 203 g/mol. The number of carboxylic acids is 1. The molecule has 70 valence electrons. The van der Waals surface area contributed by atoms with E-state index in [1.54, 1.807) is 6.92 Å². The fourth-order valence-electron chi connectivity index (χ4n) is 1.03. The number of aryl methyl sites for hydroxylation is 1. The normalized spacial score (nSPS) is 10.1. The zero-order valence-corrected chi connectivity index (χ0v) is 7.73. The maximum absolute atomic E-state index is 13.1. The molecule has 0 spiro atoms. The highest BCUT2D eigenvalue weighted by Gasteiger charge is 2.11. The molecule has 0 atom stereocenters. The lowest BCUT2D eigenvalue weighted by Gasteiger charge is -2.03. The van der Waals surface area contributed by atoms with Crippen molar-refractivity contribution in [2.75, 3.05) is 0 Å². The summed E-state index contributed by atoms with van der Waals surface area (Å²) in [5.41, 5.74) is 0.341. The fourth-order valence-corrected chi connectivity index (χ4v) is 1.27. The molecular weight excluding hydrogens is 195 g/mol. The van der Waals surface area contributed by atoms with E-state index in [2.05, 4.69) is 0 Å². The predicted molar refractivity (Wildman–Crippen MR) is 47.7 cm³/mol. The molecule has 0 saturated carbocycles. The van der Waals surface area contributed by atoms with E-state index in [1.807, 2.05) is 0 Å². The van der Waals surface area contributed by atoms with Crippen LogP contribution in [-0.4, -0.2) is 11.1 Å². The van der Waals surface area contributed by atoms with E-state index in [0.29, 0.717) is 12.0 Å². The summed E-state index contributed by atoms with van der Waals surface area (Å²) in [6, 6.07) is 2.40. The van der Waals surface area contributed by atoms with Gasteiger partial charge in [-0.25, -0.2) is 9.18 Å². The van der Waals surface area contributed by atoms with Crippen LogP contribution in [0.25, 0.3) is 0 Å². The van der Waals surface area contributed by atoms with Gasteiger partial charge in [0, 0.05) is 0 Å². The molecule has 1 aromatic rings. The van der Waals surface area contributed by atoms with Gasteiger partial charge in [-0.1, -0.05) is 18.5 Å². The van der Waals surface area contributed by atoms with E-state index < -0.39 is 11.8 Å². The molecule has 2 nitrogen and oxygen atoms in total. The van der Waals surface area contributed by atoms with Crippen LogP contribution in [0.1, 0.15) is 22.8 Å². The number of benzene rings is 1. The summed E-state index contributed by atoms with van der Waals surface area (Å²) < 4.78 is 13.1. The third kappa shape index (κ3) is 1.98. The summed E-state index contributed by atoms with van der Waals surface area (Å²) in [6.07, 6.45) is 0.423. The van der Waals surface area contributed by atoms with Crippen LogP contribution >= 0.6 is 11.6 Å². The van der Waals surface area contributed by atoms with E-state index >= 15 is 0 Å². The number of hydrogen-bond donors (Lipinski definition) is 1. The third-order valence-electron chi connectivity index (χ3n) is 1.73. The summed E-state index contributed by atoms with van der Waals surface area (Å²) in [5, 5.41) is 8.50. The first-order chi connectivity index (χ1) is 6.06. The third-order valence-corrected chi connectivity index (χ3v) is 2.01. The van der Waals surface area contributed by atoms with Gasteiger partial charge in [-0.3, -0.25) is 0 Å². The molecule has 0 saturated heterocycles. The van der Waals surface area contributed by atoms with E-state index in [1.165, 1.54) is 6.07 Å². The molecular formula is C9H8ClFO2. The molecule has 0 radical (unpaired) electrons. The van der Waals surface area contributed by atoms with Gasteiger partial charge in [0.05, 0.1) is 10.6 Å². The molecule has 0 aliphatic carbocycles. The molecule has 0 bridgehead atoms. The second-order valence-corrected chi connectivity index (χ2v) is 3.00. The monoisotopic (exact) mass is 202 g/mol. The van der Waals surface area contributed by atoms with E-state index in [9.17, 15) is 9.18 Å². The van der Waals surface area contributed by atoms with Gasteiger partial charge >= 0.3 is 5.97 Å². The summed E-state index contributed by atoms with van der Waals surface area (Å²) >= 11 is 5.50. The van der Waals surface area contributed by atoms with E-state index in [-0.39, 0.29) is 10.6 Å². The Morgan fingerprint density at radius 2 is 2.23 bits per heavy atom. The lowest BCUT2D eigenvalue weighted by molar-refractivity contribution is 0.0696. The molecule has 13 heavy (non-hydrogen) atoms. The lowest BCUT2D eigenvalue weighted by Crippen LogP contribution is -2.00.